The van der Waals surface area contributed by atoms with Crippen LogP contribution < -0.4 is 11.1 Å². The fourth-order valence-electron chi connectivity index (χ4n) is 1.30. The number of hydrogen-bond donors (Lipinski definition) is 1. The van der Waals surface area contributed by atoms with Gasteiger partial charge in [-0.3, -0.25) is 19.7 Å². The molecule has 0 radical (unpaired) electrons. The van der Waals surface area contributed by atoms with Crippen LogP contribution >= 0.6 is 15.9 Å². The van der Waals surface area contributed by atoms with Crippen LogP contribution in [0.4, 0.5) is 0 Å². The van der Waals surface area contributed by atoms with Gasteiger partial charge in [-0.2, -0.15) is 0 Å². The van der Waals surface area contributed by atoms with Crippen LogP contribution in [0.2, 0.25) is 0 Å². The molecule has 0 spiro atoms. The zero-order valence-corrected chi connectivity index (χ0v) is 9.77. The summed E-state index contributed by atoms with van der Waals surface area (Å²) in [4.78, 5) is 26.5. The topological polar surface area (TPSA) is 67.8 Å². The molecule has 2 rings (SSSR count). The van der Waals surface area contributed by atoms with E-state index in [9.17, 15) is 9.59 Å². The third kappa shape index (κ3) is 2.46. The molecule has 0 fully saturated rings. The molecule has 16 heavy (non-hydrogen) atoms. The summed E-state index contributed by atoms with van der Waals surface area (Å²) in [5, 5.41) is 2.45. The lowest BCUT2D eigenvalue weighted by atomic mass is 10.3. The van der Waals surface area contributed by atoms with Gasteiger partial charge in [-0.15, -0.1) is 0 Å². The van der Waals surface area contributed by atoms with Gasteiger partial charge in [0.2, 0.25) is 0 Å². The van der Waals surface area contributed by atoms with Crippen LogP contribution in [-0.4, -0.2) is 14.8 Å². The molecule has 0 saturated heterocycles. The maximum Gasteiger partial charge on any atom is 0.265 e. The van der Waals surface area contributed by atoms with Crippen molar-refractivity contribution in [3.05, 3.63) is 61.3 Å². The predicted octanol–water partition coefficient (Wildman–Crippen LogP) is 0.742. The second-order valence-corrected chi connectivity index (χ2v) is 4.16. The quantitative estimate of drug-likeness (QED) is 0.883. The predicted molar refractivity (Wildman–Crippen MR) is 62.4 cm³/mol. The molecule has 82 valence electrons. The summed E-state index contributed by atoms with van der Waals surface area (Å²) in [6.07, 6.45) is 3.29. The molecule has 0 unspecified atom stereocenters. The van der Waals surface area contributed by atoms with Crippen molar-refractivity contribution in [1.82, 2.24) is 14.8 Å². The molecule has 2 heterocycles. The highest BCUT2D eigenvalue weighted by atomic mass is 79.9. The van der Waals surface area contributed by atoms with Crippen LogP contribution in [0.25, 0.3) is 0 Å². The highest BCUT2D eigenvalue weighted by molar-refractivity contribution is 9.10. The molecular formula is C10H8BrN3O2. The number of H-pyrrole nitrogens is 1. The first-order valence-corrected chi connectivity index (χ1v) is 5.34. The van der Waals surface area contributed by atoms with E-state index in [1.165, 1.54) is 16.8 Å². The van der Waals surface area contributed by atoms with Crippen molar-refractivity contribution in [3.63, 3.8) is 0 Å². The van der Waals surface area contributed by atoms with Crippen molar-refractivity contribution in [2.45, 2.75) is 6.54 Å². The first-order chi connectivity index (χ1) is 7.65. The number of pyridine rings is 1. The molecule has 0 aromatic carbocycles. The number of hydrogen-bond acceptors (Lipinski definition) is 3. The standard InChI is InChI=1S/C10H8BrN3O2/c11-8-3-7(4-12-5-8)6-14-10(16)2-1-9(15)13-14/h1-5H,6H2,(H,13,15). The number of aromatic amines is 1. The van der Waals surface area contributed by atoms with Crippen LogP contribution in [0, 0.1) is 0 Å². The minimum Gasteiger partial charge on any atom is -0.268 e. The van der Waals surface area contributed by atoms with E-state index in [-0.39, 0.29) is 11.1 Å². The van der Waals surface area contributed by atoms with Crippen LogP contribution in [0.15, 0.2) is 44.7 Å². The monoisotopic (exact) mass is 281 g/mol. The van der Waals surface area contributed by atoms with Crippen LogP contribution in [0.1, 0.15) is 5.56 Å². The summed E-state index contributed by atoms with van der Waals surface area (Å²) < 4.78 is 2.07. The number of rotatable bonds is 2. The molecule has 2 aromatic rings. The highest BCUT2D eigenvalue weighted by Gasteiger charge is 1.99. The molecule has 2 aromatic heterocycles. The molecule has 0 saturated carbocycles. The van der Waals surface area contributed by atoms with Gasteiger partial charge in [0.05, 0.1) is 6.54 Å². The summed E-state index contributed by atoms with van der Waals surface area (Å²) >= 11 is 3.29. The zero-order valence-electron chi connectivity index (χ0n) is 8.18. The summed E-state index contributed by atoms with van der Waals surface area (Å²) in [5.74, 6) is 0. The first kappa shape index (κ1) is 10.8. The normalized spacial score (nSPS) is 10.3. The van der Waals surface area contributed by atoms with Gasteiger partial charge in [-0.05, 0) is 27.6 Å². The van der Waals surface area contributed by atoms with E-state index in [2.05, 4.69) is 26.0 Å². The molecule has 0 atom stereocenters. The minimum absolute atomic E-state index is 0.250. The maximum absolute atomic E-state index is 11.4. The van der Waals surface area contributed by atoms with E-state index in [1.54, 1.807) is 12.4 Å². The van der Waals surface area contributed by atoms with Crippen molar-refractivity contribution >= 4 is 15.9 Å². The molecule has 5 nitrogen and oxygen atoms in total. The largest absolute Gasteiger partial charge is 0.268 e. The van der Waals surface area contributed by atoms with Crippen LogP contribution in [-0.2, 0) is 6.54 Å². The lowest BCUT2D eigenvalue weighted by Gasteiger charge is -2.04. The van der Waals surface area contributed by atoms with Gasteiger partial charge in [0.15, 0.2) is 0 Å². The van der Waals surface area contributed by atoms with Gasteiger partial charge in [-0.1, -0.05) is 0 Å². The van der Waals surface area contributed by atoms with Gasteiger partial charge in [0.1, 0.15) is 0 Å². The summed E-state index contributed by atoms with van der Waals surface area (Å²) in [5.41, 5.74) is 0.278. The number of halogens is 1. The van der Waals surface area contributed by atoms with E-state index in [4.69, 9.17) is 0 Å². The van der Waals surface area contributed by atoms with Crippen LogP contribution in [0.5, 0.6) is 0 Å². The second kappa shape index (κ2) is 4.44. The highest BCUT2D eigenvalue weighted by Crippen LogP contribution is 2.09. The Bertz CT molecular complexity index is 618. The van der Waals surface area contributed by atoms with Gasteiger partial charge in [-0.25, -0.2) is 4.68 Å². The molecule has 0 amide bonds. The first-order valence-electron chi connectivity index (χ1n) is 4.55. The van der Waals surface area contributed by atoms with Gasteiger partial charge >= 0.3 is 0 Å². The van der Waals surface area contributed by atoms with Gasteiger partial charge in [0.25, 0.3) is 11.1 Å². The minimum atomic E-state index is -0.303. The van der Waals surface area contributed by atoms with Crippen molar-refractivity contribution in [2.75, 3.05) is 0 Å². The summed E-state index contributed by atoms with van der Waals surface area (Å²) in [6.45, 7) is 0.293. The van der Waals surface area contributed by atoms with E-state index in [0.717, 1.165) is 10.0 Å². The Balaban J connectivity index is 2.37. The Kier molecular flexibility index (Phi) is 3.00. The second-order valence-electron chi connectivity index (χ2n) is 3.25. The maximum atomic E-state index is 11.4. The lowest BCUT2D eigenvalue weighted by molar-refractivity contribution is 0.626. The van der Waals surface area contributed by atoms with E-state index in [0.29, 0.717) is 6.54 Å². The fraction of sp³-hybridized carbons (Fsp3) is 0.100. The number of nitrogens with one attached hydrogen (secondary N) is 1. The average molecular weight is 282 g/mol. The lowest BCUT2D eigenvalue weighted by Crippen LogP contribution is -2.28. The Morgan fingerprint density at radius 1 is 1.31 bits per heavy atom. The van der Waals surface area contributed by atoms with E-state index < -0.39 is 0 Å². The van der Waals surface area contributed by atoms with Crippen molar-refractivity contribution < 1.29 is 0 Å². The van der Waals surface area contributed by atoms with Crippen molar-refractivity contribution in [3.8, 4) is 0 Å². The molecular weight excluding hydrogens is 274 g/mol. The smallest absolute Gasteiger partial charge is 0.265 e. The molecule has 1 N–H and O–H groups in total. The Labute approximate surface area is 98.9 Å². The zero-order chi connectivity index (χ0) is 11.5. The van der Waals surface area contributed by atoms with Gasteiger partial charge in [0, 0.05) is 29.0 Å². The molecule has 0 aliphatic heterocycles. The Morgan fingerprint density at radius 2 is 2.12 bits per heavy atom. The Morgan fingerprint density at radius 3 is 2.88 bits per heavy atom. The van der Waals surface area contributed by atoms with E-state index >= 15 is 0 Å². The van der Waals surface area contributed by atoms with E-state index in [1.807, 2.05) is 6.07 Å². The summed E-state index contributed by atoms with van der Waals surface area (Å²) in [7, 11) is 0. The Hall–Kier alpha value is -1.69. The summed E-state index contributed by atoms with van der Waals surface area (Å²) in [6, 6.07) is 4.28. The number of aromatic nitrogens is 3. The third-order valence-corrected chi connectivity index (χ3v) is 2.42. The van der Waals surface area contributed by atoms with Gasteiger partial charge < -0.3 is 0 Å². The van der Waals surface area contributed by atoms with Crippen LogP contribution in [0.3, 0.4) is 0 Å². The average Bonchev–Trinajstić information content (AvgIpc) is 2.24. The third-order valence-electron chi connectivity index (χ3n) is 1.99. The fourth-order valence-corrected chi connectivity index (χ4v) is 1.72. The molecule has 0 aliphatic carbocycles. The molecule has 6 heteroatoms. The molecule has 0 bridgehead atoms. The molecule has 0 aliphatic rings. The van der Waals surface area contributed by atoms with Crippen molar-refractivity contribution in [2.24, 2.45) is 0 Å². The SMILES string of the molecule is O=c1ccc(=O)n(Cc2cncc(Br)c2)[nH]1. The number of nitrogens with zero attached hydrogens (tertiary/aromatic N) is 2. The van der Waals surface area contributed by atoms with Crippen molar-refractivity contribution in [1.29, 1.82) is 0 Å².